The van der Waals surface area contributed by atoms with Crippen LogP contribution >= 0.6 is 0 Å². The van der Waals surface area contributed by atoms with Crippen molar-refractivity contribution in [1.29, 1.82) is 0 Å². The first-order chi connectivity index (χ1) is 15.0. The molecule has 1 aliphatic carbocycles. The lowest BCUT2D eigenvalue weighted by Crippen LogP contribution is -2.40. The van der Waals surface area contributed by atoms with Crippen LogP contribution in [0.4, 0.5) is 11.4 Å². The van der Waals surface area contributed by atoms with Crippen LogP contribution < -0.4 is 15.5 Å². The van der Waals surface area contributed by atoms with Crippen molar-refractivity contribution < 1.29 is 14.4 Å². The van der Waals surface area contributed by atoms with Gasteiger partial charge in [0.2, 0.25) is 11.8 Å². The maximum Gasteiger partial charge on any atom is 0.255 e. The smallest absolute Gasteiger partial charge is 0.255 e. The van der Waals surface area contributed by atoms with Crippen molar-refractivity contribution in [2.45, 2.75) is 51.5 Å². The van der Waals surface area contributed by atoms with Gasteiger partial charge in [0.05, 0.1) is 5.92 Å². The van der Waals surface area contributed by atoms with E-state index in [1.54, 1.807) is 23.1 Å². The number of benzene rings is 2. The second-order valence-corrected chi connectivity index (χ2v) is 8.62. The fourth-order valence-corrected chi connectivity index (χ4v) is 4.35. The monoisotopic (exact) mass is 419 g/mol. The topological polar surface area (TPSA) is 78.5 Å². The third-order valence-electron chi connectivity index (χ3n) is 6.18. The second kappa shape index (κ2) is 9.33. The van der Waals surface area contributed by atoms with Gasteiger partial charge in [0.25, 0.3) is 5.91 Å². The Balaban J connectivity index is 1.41. The first-order valence-electron chi connectivity index (χ1n) is 11.1. The molecule has 2 fully saturated rings. The molecule has 1 saturated heterocycles. The number of nitrogens with one attached hydrogen (secondary N) is 2. The van der Waals surface area contributed by atoms with Gasteiger partial charge in [-0.1, -0.05) is 43.0 Å². The van der Waals surface area contributed by atoms with Gasteiger partial charge in [-0.3, -0.25) is 14.4 Å². The number of rotatable bonds is 5. The largest absolute Gasteiger partial charge is 0.353 e. The molecule has 0 aromatic heterocycles. The molecule has 3 amide bonds. The molecule has 6 nitrogen and oxygen atoms in total. The minimum atomic E-state index is -0.348. The molecule has 2 aromatic rings. The highest BCUT2D eigenvalue weighted by Gasteiger charge is 2.36. The Labute approximate surface area is 183 Å². The molecular weight excluding hydrogens is 390 g/mol. The predicted molar refractivity (Wildman–Crippen MR) is 121 cm³/mol. The minimum Gasteiger partial charge on any atom is -0.353 e. The molecule has 31 heavy (non-hydrogen) atoms. The van der Waals surface area contributed by atoms with Crippen LogP contribution in [0.15, 0.2) is 48.5 Å². The Morgan fingerprint density at radius 3 is 2.48 bits per heavy atom. The lowest BCUT2D eigenvalue weighted by Gasteiger charge is -2.24. The van der Waals surface area contributed by atoms with Crippen LogP contribution in [0, 0.1) is 12.8 Å². The number of nitrogens with zero attached hydrogens (tertiary/aromatic N) is 1. The number of hydrogen-bond acceptors (Lipinski definition) is 3. The van der Waals surface area contributed by atoms with Gasteiger partial charge < -0.3 is 15.5 Å². The van der Waals surface area contributed by atoms with Crippen molar-refractivity contribution in [3.8, 4) is 0 Å². The van der Waals surface area contributed by atoms with Crippen LogP contribution in [0.2, 0.25) is 0 Å². The Morgan fingerprint density at radius 2 is 1.74 bits per heavy atom. The molecule has 1 aliphatic heterocycles. The van der Waals surface area contributed by atoms with E-state index in [-0.39, 0.29) is 36.1 Å². The van der Waals surface area contributed by atoms with E-state index in [0.717, 1.165) is 36.9 Å². The number of aryl methyl sites for hydroxylation is 1. The highest BCUT2D eigenvalue weighted by Crippen LogP contribution is 2.27. The van der Waals surface area contributed by atoms with Gasteiger partial charge in [0.15, 0.2) is 0 Å². The molecule has 4 rings (SSSR count). The fraction of sp³-hybridized carbons (Fsp3) is 0.400. The molecule has 6 heteroatoms. The van der Waals surface area contributed by atoms with Gasteiger partial charge in [-0.25, -0.2) is 0 Å². The van der Waals surface area contributed by atoms with E-state index >= 15 is 0 Å². The van der Waals surface area contributed by atoms with Crippen LogP contribution in [-0.4, -0.2) is 30.3 Å². The molecule has 0 bridgehead atoms. The molecule has 0 spiro atoms. The fourth-order valence-electron chi connectivity index (χ4n) is 4.35. The minimum absolute atomic E-state index is 0.0315. The standard InChI is InChI=1S/C25H29N3O3/c1-17-10-12-21(13-11-17)27-24(30)18-6-5-9-22(14-18)28-16-19(15-23(28)29)25(31)26-20-7-3-2-4-8-20/h5-6,9-14,19-20H,2-4,7-8,15-16H2,1H3,(H,26,31)(H,27,30)/t19-/m1/s1. The Bertz CT molecular complexity index is 964. The average molecular weight is 420 g/mol. The van der Waals surface area contributed by atoms with Gasteiger partial charge >= 0.3 is 0 Å². The van der Waals surface area contributed by atoms with Crippen molar-refractivity contribution in [2.24, 2.45) is 5.92 Å². The summed E-state index contributed by atoms with van der Waals surface area (Å²) in [6.45, 7) is 2.34. The van der Waals surface area contributed by atoms with Crippen molar-refractivity contribution in [2.75, 3.05) is 16.8 Å². The first kappa shape index (κ1) is 21.1. The zero-order valence-electron chi connectivity index (χ0n) is 17.9. The van der Waals surface area contributed by atoms with Crippen LogP contribution in [0.3, 0.4) is 0 Å². The Morgan fingerprint density at radius 1 is 1.00 bits per heavy atom. The first-order valence-corrected chi connectivity index (χ1v) is 11.1. The van der Waals surface area contributed by atoms with E-state index in [2.05, 4.69) is 10.6 Å². The summed E-state index contributed by atoms with van der Waals surface area (Å²) < 4.78 is 0. The SMILES string of the molecule is Cc1ccc(NC(=O)c2cccc(N3C[C@H](C(=O)NC4CCCCC4)CC3=O)c2)cc1. The van der Waals surface area contributed by atoms with Crippen molar-refractivity contribution in [3.05, 3.63) is 59.7 Å². The highest BCUT2D eigenvalue weighted by molar-refractivity contribution is 6.06. The number of anilines is 2. The van der Waals surface area contributed by atoms with Crippen LogP contribution in [0.5, 0.6) is 0 Å². The Kier molecular flexibility index (Phi) is 6.35. The molecule has 162 valence electrons. The van der Waals surface area contributed by atoms with Crippen LogP contribution in [-0.2, 0) is 9.59 Å². The summed E-state index contributed by atoms with van der Waals surface area (Å²) in [4.78, 5) is 39.6. The molecule has 0 unspecified atom stereocenters. The van der Waals surface area contributed by atoms with Crippen molar-refractivity contribution in [3.63, 3.8) is 0 Å². The van der Waals surface area contributed by atoms with E-state index in [9.17, 15) is 14.4 Å². The molecule has 1 heterocycles. The molecule has 2 aliphatic rings. The van der Waals surface area contributed by atoms with Gasteiger partial charge in [0.1, 0.15) is 0 Å². The summed E-state index contributed by atoms with van der Waals surface area (Å²) in [7, 11) is 0. The van der Waals surface area contributed by atoms with E-state index < -0.39 is 0 Å². The number of hydrogen-bond donors (Lipinski definition) is 2. The third-order valence-corrected chi connectivity index (χ3v) is 6.18. The maximum absolute atomic E-state index is 12.7. The summed E-state index contributed by atoms with van der Waals surface area (Å²) in [5.74, 6) is -0.695. The number of carbonyl (C=O) groups is 3. The van der Waals surface area contributed by atoms with E-state index in [4.69, 9.17) is 0 Å². The summed E-state index contributed by atoms with van der Waals surface area (Å²) in [6, 6.07) is 14.8. The van der Waals surface area contributed by atoms with Crippen molar-refractivity contribution in [1.82, 2.24) is 5.32 Å². The number of carbonyl (C=O) groups excluding carboxylic acids is 3. The quantitative estimate of drug-likeness (QED) is 0.767. The lowest BCUT2D eigenvalue weighted by atomic mass is 9.95. The predicted octanol–water partition coefficient (Wildman–Crippen LogP) is 4.05. The third kappa shape index (κ3) is 5.13. The molecule has 1 atom stereocenters. The summed E-state index contributed by atoms with van der Waals surface area (Å²) in [6.07, 6.45) is 5.78. The Hall–Kier alpha value is -3.15. The van der Waals surface area contributed by atoms with E-state index in [1.165, 1.54) is 6.42 Å². The van der Waals surface area contributed by atoms with E-state index in [1.807, 2.05) is 37.3 Å². The van der Waals surface area contributed by atoms with Gasteiger partial charge in [-0.2, -0.15) is 0 Å². The zero-order valence-corrected chi connectivity index (χ0v) is 17.9. The van der Waals surface area contributed by atoms with Gasteiger partial charge in [-0.15, -0.1) is 0 Å². The molecule has 2 N–H and O–H groups in total. The number of amides is 3. The second-order valence-electron chi connectivity index (χ2n) is 8.62. The van der Waals surface area contributed by atoms with E-state index in [0.29, 0.717) is 17.8 Å². The lowest BCUT2D eigenvalue weighted by molar-refractivity contribution is -0.127. The van der Waals surface area contributed by atoms with Crippen LogP contribution in [0.25, 0.3) is 0 Å². The zero-order chi connectivity index (χ0) is 21.8. The average Bonchev–Trinajstić information content (AvgIpc) is 3.18. The maximum atomic E-state index is 12.7. The summed E-state index contributed by atoms with van der Waals surface area (Å²) >= 11 is 0. The van der Waals surface area contributed by atoms with Crippen LogP contribution in [0.1, 0.15) is 54.4 Å². The molecule has 1 saturated carbocycles. The summed E-state index contributed by atoms with van der Waals surface area (Å²) in [5, 5.41) is 6.01. The van der Waals surface area contributed by atoms with Gasteiger partial charge in [-0.05, 0) is 50.1 Å². The molecular formula is C25H29N3O3. The highest BCUT2D eigenvalue weighted by atomic mass is 16.2. The normalized spacial score (nSPS) is 19.3. The molecule has 2 aromatic carbocycles. The molecule has 0 radical (unpaired) electrons. The van der Waals surface area contributed by atoms with Crippen molar-refractivity contribution >= 4 is 29.1 Å². The van der Waals surface area contributed by atoms with Gasteiger partial charge in [0, 0.05) is 35.9 Å². The summed E-state index contributed by atoms with van der Waals surface area (Å²) in [5.41, 5.74) is 2.96.